The summed E-state index contributed by atoms with van der Waals surface area (Å²) in [7, 11) is 1.60. The number of benzene rings is 1. The van der Waals surface area contributed by atoms with Gasteiger partial charge in [0.2, 0.25) is 0 Å². The summed E-state index contributed by atoms with van der Waals surface area (Å²) in [5.74, 6) is 0. The van der Waals surface area contributed by atoms with Crippen LogP contribution in [-0.4, -0.2) is 16.3 Å². The van der Waals surface area contributed by atoms with Gasteiger partial charge >= 0.3 is 0 Å². The van der Waals surface area contributed by atoms with Crippen molar-refractivity contribution in [2.24, 2.45) is 7.05 Å². The number of hydrogen-bond acceptors (Lipinski definition) is 3. The second kappa shape index (κ2) is 6.57. The Balaban J connectivity index is 2.34. The third-order valence-corrected chi connectivity index (χ3v) is 3.47. The van der Waals surface area contributed by atoms with Crippen LogP contribution in [0, 0.1) is 0 Å². The zero-order chi connectivity index (χ0) is 14.5. The first-order valence-corrected chi connectivity index (χ1v) is 7.02. The average Bonchev–Trinajstić information content (AvgIpc) is 2.46. The molecular formula is C15H18ClN3O. The zero-order valence-electron chi connectivity index (χ0n) is 11.7. The Kier molecular flexibility index (Phi) is 4.79. The van der Waals surface area contributed by atoms with Crippen LogP contribution in [0.2, 0.25) is 5.02 Å². The van der Waals surface area contributed by atoms with Gasteiger partial charge < -0.3 is 4.90 Å². The Bertz CT molecular complexity index is 625. The molecule has 0 saturated carbocycles. The van der Waals surface area contributed by atoms with Gasteiger partial charge in [-0.1, -0.05) is 48.9 Å². The molecule has 5 heteroatoms. The first-order chi connectivity index (χ1) is 9.63. The van der Waals surface area contributed by atoms with E-state index in [4.69, 9.17) is 11.6 Å². The molecule has 0 fully saturated rings. The van der Waals surface area contributed by atoms with Gasteiger partial charge in [0, 0.05) is 20.1 Å². The lowest BCUT2D eigenvalue weighted by molar-refractivity contribution is 0.694. The molecular weight excluding hydrogens is 274 g/mol. The predicted molar refractivity (Wildman–Crippen MR) is 82.3 cm³/mol. The van der Waals surface area contributed by atoms with Gasteiger partial charge in [-0.3, -0.25) is 4.79 Å². The van der Waals surface area contributed by atoms with E-state index in [0.29, 0.717) is 12.2 Å². The molecule has 0 aliphatic rings. The van der Waals surface area contributed by atoms with Crippen LogP contribution < -0.4 is 10.5 Å². The fourth-order valence-electron chi connectivity index (χ4n) is 2.08. The summed E-state index contributed by atoms with van der Waals surface area (Å²) in [6.07, 6.45) is 2.63. The molecule has 2 rings (SSSR count). The summed E-state index contributed by atoms with van der Waals surface area (Å²) in [5, 5.41) is 4.29. The van der Waals surface area contributed by atoms with Crippen LogP contribution in [-0.2, 0) is 13.6 Å². The van der Waals surface area contributed by atoms with Gasteiger partial charge in [0.15, 0.2) is 0 Å². The molecule has 0 N–H and O–H groups in total. The average molecular weight is 292 g/mol. The molecule has 0 spiro atoms. The summed E-state index contributed by atoms with van der Waals surface area (Å²) in [5.41, 5.74) is 1.61. The fraction of sp³-hybridized carbons (Fsp3) is 0.333. The van der Waals surface area contributed by atoms with Gasteiger partial charge in [-0.05, 0) is 12.0 Å². The zero-order valence-corrected chi connectivity index (χ0v) is 12.5. The molecule has 0 saturated heterocycles. The second-order valence-electron chi connectivity index (χ2n) is 4.68. The number of aromatic nitrogens is 2. The van der Waals surface area contributed by atoms with Crippen LogP contribution in [0.15, 0.2) is 41.3 Å². The lowest BCUT2D eigenvalue weighted by Crippen LogP contribution is -2.28. The number of hydrogen-bond donors (Lipinski definition) is 0. The highest BCUT2D eigenvalue weighted by molar-refractivity contribution is 6.33. The van der Waals surface area contributed by atoms with E-state index >= 15 is 0 Å². The monoisotopic (exact) mass is 291 g/mol. The van der Waals surface area contributed by atoms with E-state index in [9.17, 15) is 4.79 Å². The lowest BCUT2D eigenvalue weighted by atomic mass is 10.2. The third kappa shape index (κ3) is 3.20. The van der Waals surface area contributed by atoms with Crippen LogP contribution in [0.1, 0.15) is 18.9 Å². The van der Waals surface area contributed by atoms with E-state index in [1.807, 2.05) is 18.2 Å². The molecule has 1 aromatic heterocycles. The number of rotatable bonds is 5. The molecule has 0 unspecified atom stereocenters. The highest BCUT2D eigenvalue weighted by Gasteiger charge is 2.14. The molecule has 4 nitrogen and oxygen atoms in total. The Hall–Kier alpha value is -1.81. The van der Waals surface area contributed by atoms with Crippen LogP contribution in [0.5, 0.6) is 0 Å². The number of anilines is 1. The number of halogens is 1. The Morgan fingerprint density at radius 2 is 2.00 bits per heavy atom. The molecule has 0 bridgehead atoms. The highest BCUT2D eigenvalue weighted by atomic mass is 35.5. The summed E-state index contributed by atoms with van der Waals surface area (Å²) in [6, 6.07) is 10.1. The van der Waals surface area contributed by atoms with E-state index in [1.54, 1.807) is 13.2 Å². The first-order valence-electron chi connectivity index (χ1n) is 6.64. The molecule has 1 heterocycles. The Morgan fingerprint density at radius 1 is 1.30 bits per heavy atom. The predicted octanol–water partition coefficient (Wildman–Crippen LogP) is 2.85. The van der Waals surface area contributed by atoms with Crippen molar-refractivity contribution in [2.75, 3.05) is 11.4 Å². The summed E-state index contributed by atoms with van der Waals surface area (Å²) in [6.45, 7) is 3.63. The maximum Gasteiger partial charge on any atom is 0.287 e. The minimum absolute atomic E-state index is 0.229. The van der Waals surface area contributed by atoms with Crippen molar-refractivity contribution in [3.63, 3.8) is 0 Å². The number of aryl methyl sites for hydroxylation is 1. The summed E-state index contributed by atoms with van der Waals surface area (Å²) >= 11 is 6.18. The highest BCUT2D eigenvalue weighted by Crippen LogP contribution is 2.23. The van der Waals surface area contributed by atoms with Crippen LogP contribution in [0.25, 0.3) is 0 Å². The van der Waals surface area contributed by atoms with Crippen LogP contribution >= 0.6 is 11.6 Å². The molecule has 0 atom stereocenters. The fourth-order valence-corrected chi connectivity index (χ4v) is 2.37. The van der Waals surface area contributed by atoms with E-state index < -0.39 is 0 Å². The van der Waals surface area contributed by atoms with Gasteiger partial charge in [0.1, 0.15) is 5.02 Å². The molecule has 1 aromatic carbocycles. The standard InChI is InChI=1S/C15H18ClN3O/c1-3-9-19(11-12-7-5-4-6-8-12)13-10-17-18(2)15(20)14(13)16/h4-8,10H,3,9,11H2,1-2H3. The van der Waals surface area contributed by atoms with Gasteiger partial charge in [0.05, 0.1) is 11.9 Å². The quantitative estimate of drug-likeness (QED) is 0.850. The van der Waals surface area contributed by atoms with E-state index in [1.165, 1.54) is 10.2 Å². The maximum absolute atomic E-state index is 11.9. The minimum Gasteiger partial charge on any atom is -0.365 e. The first kappa shape index (κ1) is 14.6. The third-order valence-electron chi connectivity index (χ3n) is 3.11. The van der Waals surface area contributed by atoms with Gasteiger partial charge in [0.25, 0.3) is 5.56 Å². The smallest absolute Gasteiger partial charge is 0.287 e. The van der Waals surface area contributed by atoms with E-state index in [2.05, 4.69) is 29.1 Å². The lowest BCUT2D eigenvalue weighted by Gasteiger charge is -2.25. The van der Waals surface area contributed by atoms with Crippen LogP contribution in [0.4, 0.5) is 5.69 Å². The van der Waals surface area contributed by atoms with Gasteiger partial charge in [-0.15, -0.1) is 0 Å². The van der Waals surface area contributed by atoms with Crippen molar-refractivity contribution >= 4 is 17.3 Å². The maximum atomic E-state index is 11.9. The van der Waals surface area contributed by atoms with Crippen molar-refractivity contribution in [1.29, 1.82) is 0 Å². The normalized spacial score (nSPS) is 10.6. The van der Waals surface area contributed by atoms with Gasteiger partial charge in [-0.2, -0.15) is 5.10 Å². The van der Waals surface area contributed by atoms with Gasteiger partial charge in [-0.25, -0.2) is 4.68 Å². The Labute approximate surface area is 123 Å². The summed E-state index contributed by atoms with van der Waals surface area (Å²) in [4.78, 5) is 14.0. The van der Waals surface area contributed by atoms with Crippen molar-refractivity contribution in [1.82, 2.24) is 9.78 Å². The number of nitrogens with zero attached hydrogens (tertiary/aromatic N) is 3. The molecule has 0 radical (unpaired) electrons. The molecule has 0 aliphatic heterocycles. The summed E-state index contributed by atoms with van der Waals surface area (Å²) < 4.78 is 1.25. The van der Waals surface area contributed by atoms with Crippen LogP contribution in [0.3, 0.4) is 0 Å². The second-order valence-corrected chi connectivity index (χ2v) is 5.06. The van der Waals surface area contributed by atoms with E-state index in [0.717, 1.165) is 13.0 Å². The SMILES string of the molecule is CCCN(Cc1ccccc1)c1cnn(C)c(=O)c1Cl. The molecule has 2 aromatic rings. The molecule has 20 heavy (non-hydrogen) atoms. The van der Waals surface area contributed by atoms with Crippen molar-refractivity contribution in [2.45, 2.75) is 19.9 Å². The van der Waals surface area contributed by atoms with Crippen molar-refractivity contribution < 1.29 is 0 Å². The van der Waals surface area contributed by atoms with E-state index in [-0.39, 0.29) is 10.6 Å². The minimum atomic E-state index is -0.265. The largest absolute Gasteiger partial charge is 0.365 e. The molecule has 106 valence electrons. The van der Waals surface area contributed by atoms with Crippen molar-refractivity contribution in [3.05, 3.63) is 57.5 Å². The topological polar surface area (TPSA) is 38.1 Å². The Morgan fingerprint density at radius 3 is 2.65 bits per heavy atom. The van der Waals surface area contributed by atoms with Crippen molar-refractivity contribution in [3.8, 4) is 0 Å². The molecule has 0 amide bonds. The molecule has 0 aliphatic carbocycles.